The molecule has 0 saturated carbocycles. The molecule has 0 spiro atoms. The summed E-state index contributed by atoms with van der Waals surface area (Å²) in [4.78, 5) is 23.5. The Hall–Kier alpha value is -0.430. The minimum Gasteiger partial charge on any atom is -0.302 e. The van der Waals surface area contributed by atoms with Crippen molar-refractivity contribution in [3.05, 3.63) is 12.2 Å². The molecular formula is C9H13IN2O2. The molecule has 0 aliphatic carbocycles. The van der Waals surface area contributed by atoms with Crippen LogP contribution in [0.1, 0.15) is 13.8 Å². The SMILES string of the molecule is CC(C)(I)NCCN1C(=O)C=CC1=O. The van der Waals surface area contributed by atoms with Gasteiger partial charge < -0.3 is 5.32 Å². The first-order valence-corrected chi connectivity index (χ1v) is 5.45. The van der Waals surface area contributed by atoms with Crippen molar-refractivity contribution < 1.29 is 9.59 Å². The zero-order valence-corrected chi connectivity index (χ0v) is 10.4. The van der Waals surface area contributed by atoms with Crippen molar-refractivity contribution in [3.8, 4) is 0 Å². The van der Waals surface area contributed by atoms with Gasteiger partial charge in [0, 0.05) is 25.2 Å². The lowest BCUT2D eigenvalue weighted by molar-refractivity contribution is -0.136. The van der Waals surface area contributed by atoms with Gasteiger partial charge >= 0.3 is 0 Å². The van der Waals surface area contributed by atoms with Gasteiger partial charge in [0.1, 0.15) is 0 Å². The van der Waals surface area contributed by atoms with Gasteiger partial charge in [-0.25, -0.2) is 0 Å². The van der Waals surface area contributed by atoms with Gasteiger partial charge in [0.15, 0.2) is 0 Å². The van der Waals surface area contributed by atoms with E-state index in [9.17, 15) is 9.59 Å². The first-order chi connectivity index (χ1) is 6.40. The predicted molar refractivity (Wildman–Crippen MR) is 62.0 cm³/mol. The van der Waals surface area contributed by atoms with Crippen molar-refractivity contribution in [1.29, 1.82) is 0 Å². The lowest BCUT2D eigenvalue weighted by Gasteiger charge is -2.21. The van der Waals surface area contributed by atoms with Crippen LogP contribution in [-0.4, -0.2) is 33.3 Å². The highest BCUT2D eigenvalue weighted by molar-refractivity contribution is 14.1. The number of nitrogens with zero attached hydrogens (tertiary/aromatic N) is 1. The molecule has 14 heavy (non-hydrogen) atoms. The Morgan fingerprint density at radius 3 is 2.29 bits per heavy atom. The standard InChI is InChI=1S/C9H13IN2O2/c1-9(2,10)11-5-6-12-7(13)3-4-8(12)14/h3-4,11H,5-6H2,1-2H3. The van der Waals surface area contributed by atoms with E-state index in [1.54, 1.807) is 0 Å². The molecule has 0 aromatic carbocycles. The molecular weight excluding hydrogens is 295 g/mol. The quantitative estimate of drug-likeness (QED) is 0.359. The highest BCUT2D eigenvalue weighted by Crippen LogP contribution is 2.11. The van der Waals surface area contributed by atoms with Gasteiger partial charge in [-0.1, -0.05) is 22.6 Å². The Labute approximate surface area is 96.9 Å². The molecule has 1 aliphatic rings. The number of carbonyl (C=O) groups excluding carboxylic acids is 2. The largest absolute Gasteiger partial charge is 0.302 e. The van der Waals surface area contributed by atoms with Crippen molar-refractivity contribution in [2.24, 2.45) is 0 Å². The zero-order valence-electron chi connectivity index (χ0n) is 8.21. The van der Waals surface area contributed by atoms with Gasteiger partial charge in [0.2, 0.25) is 0 Å². The van der Waals surface area contributed by atoms with Crippen LogP contribution < -0.4 is 5.32 Å². The number of nitrogens with one attached hydrogen (secondary N) is 1. The van der Waals surface area contributed by atoms with Gasteiger partial charge in [-0.2, -0.15) is 0 Å². The molecule has 0 aromatic rings. The van der Waals surface area contributed by atoms with E-state index in [1.165, 1.54) is 17.1 Å². The summed E-state index contributed by atoms with van der Waals surface area (Å²) in [6.07, 6.45) is 2.61. The van der Waals surface area contributed by atoms with Crippen molar-refractivity contribution in [1.82, 2.24) is 10.2 Å². The zero-order chi connectivity index (χ0) is 10.8. The van der Waals surface area contributed by atoms with Gasteiger partial charge in [0.05, 0.1) is 3.55 Å². The molecule has 0 bridgehead atoms. The molecule has 0 saturated heterocycles. The average Bonchev–Trinajstić information content (AvgIpc) is 2.33. The normalized spacial score (nSPS) is 16.9. The first-order valence-electron chi connectivity index (χ1n) is 4.37. The summed E-state index contributed by atoms with van der Waals surface area (Å²) < 4.78 is -0.0169. The fourth-order valence-electron chi connectivity index (χ4n) is 1.12. The molecule has 4 nitrogen and oxygen atoms in total. The van der Waals surface area contributed by atoms with Crippen LogP contribution >= 0.6 is 22.6 Å². The molecule has 0 fully saturated rings. The van der Waals surface area contributed by atoms with Crippen molar-refractivity contribution in [2.45, 2.75) is 17.4 Å². The Kier molecular flexibility index (Phi) is 3.65. The number of rotatable bonds is 4. The van der Waals surface area contributed by atoms with E-state index in [1.807, 2.05) is 13.8 Å². The highest BCUT2D eigenvalue weighted by Gasteiger charge is 2.23. The molecule has 78 valence electrons. The maximum Gasteiger partial charge on any atom is 0.253 e. The van der Waals surface area contributed by atoms with E-state index >= 15 is 0 Å². The van der Waals surface area contributed by atoms with Crippen molar-refractivity contribution in [2.75, 3.05) is 13.1 Å². The lowest BCUT2D eigenvalue weighted by Crippen LogP contribution is -2.41. The number of halogens is 1. The number of hydrogen-bond donors (Lipinski definition) is 1. The van der Waals surface area contributed by atoms with Crippen LogP contribution in [0.25, 0.3) is 0 Å². The highest BCUT2D eigenvalue weighted by atomic mass is 127. The smallest absolute Gasteiger partial charge is 0.253 e. The number of carbonyl (C=O) groups is 2. The molecule has 2 amide bonds. The van der Waals surface area contributed by atoms with Crippen LogP contribution in [0.5, 0.6) is 0 Å². The second kappa shape index (κ2) is 4.39. The Bertz CT molecular complexity index is 263. The fourth-order valence-corrected chi connectivity index (χ4v) is 1.39. The molecule has 5 heteroatoms. The second-order valence-electron chi connectivity index (χ2n) is 3.56. The molecule has 1 heterocycles. The monoisotopic (exact) mass is 308 g/mol. The molecule has 0 atom stereocenters. The van der Waals surface area contributed by atoms with Gasteiger partial charge in [-0.3, -0.25) is 14.5 Å². The first kappa shape index (κ1) is 11.6. The number of amides is 2. The third kappa shape index (κ3) is 3.38. The Morgan fingerprint density at radius 1 is 1.36 bits per heavy atom. The topological polar surface area (TPSA) is 49.4 Å². The third-order valence-electron chi connectivity index (χ3n) is 1.78. The van der Waals surface area contributed by atoms with Crippen molar-refractivity contribution >= 4 is 34.4 Å². The van der Waals surface area contributed by atoms with E-state index in [0.717, 1.165) is 0 Å². The van der Waals surface area contributed by atoms with Crippen LogP contribution in [-0.2, 0) is 9.59 Å². The van der Waals surface area contributed by atoms with E-state index in [4.69, 9.17) is 0 Å². The molecule has 1 rings (SSSR count). The Morgan fingerprint density at radius 2 is 1.86 bits per heavy atom. The van der Waals surface area contributed by atoms with Gasteiger partial charge in [-0.15, -0.1) is 0 Å². The summed E-state index contributed by atoms with van der Waals surface area (Å²) in [6, 6.07) is 0. The van der Waals surface area contributed by atoms with Gasteiger partial charge in [0.25, 0.3) is 11.8 Å². The minimum atomic E-state index is -0.219. The molecule has 0 radical (unpaired) electrons. The predicted octanol–water partition coefficient (Wildman–Crippen LogP) is 0.672. The Balaban J connectivity index is 2.33. The summed E-state index contributed by atoms with van der Waals surface area (Å²) in [6.45, 7) is 5.10. The van der Waals surface area contributed by atoms with Crippen LogP contribution in [0.4, 0.5) is 0 Å². The fraction of sp³-hybridized carbons (Fsp3) is 0.556. The summed E-state index contributed by atoms with van der Waals surface area (Å²) in [5.41, 5.74) is 0. The summed E-state index contributed by atoms with van der Waals surface area (Å²) >= 11 is 2.26. The van der Waals surface area contributed by atoms with Crippen LogP contribution in [0.2, 0.25) is 0 Å². The molecule has 1 N–H and O–H groups in total. The van der Waals surface area contributed by atoms with E-state index < -0.39 is 0 Å². The van der Waals surface area contributed by atoms with E-state index in [-0.39, 0.29) is 15.4 Å². The summed E-state index contributed by atoms with van der Waals surface area (Å²) in [7, 11) is 0. The molecule has 0 aromatic heterocycles. The van der Waals surface area contributed by atoms with Gasteiger partial charge in [-0.05, 0) is 13.8 Å². The number of alkyl halides is 1. The molecule has 0 unspecified atom stereocenters. The van der Waals surface area contributed by atoms with Crippen LogP contribution in [0.3, 0.4) is 0 Å². The third-order valence-corrected chi connectivity index (χ3v) is 2.16. The van der Waals surface area contributed by atoms with E-state index in [2.05, 4.69) is 27.9 Å². The number of hydrogen-bond acceptors (Lipinski definition) is 3. The van der Waals surface area contributed by atoms with Crippen molar-refractivity contribution in [3.63, 3.8) is 0 Å². The lowest BCUT2D eigenvalue weighted by atomic mass is 10.4. The average molecular weight is 308 g/mol. The van der Waals surface area contributed by atoms with Crippen LogP contribution in [0.15, 0.2) is 12.2 Å². The second-order valence-corrected chi connectivity index (χ2v) is 6.26. The maximum atomic E-state index is 11.1. The summed E-state index contributed by atoms with van der Waals surface area (Å²) in [5.74, 6) is -0.439. The molecule has 1 aliphatic heterocycles. The summed E-state index contributed by atoms with van der Waals surface area (Å²) in [5, 5.41) is 3.20. The van der Waals surface area contributed by atoms with E-state index in [0.29, 0.717) is 13.1 Å². The maximum absolute atomic E-state index is 11.1. The minimum absolute atomic E-state index is 0.0169. The number of imide groups is 1. The van der Waals surface area contributed by atoms with Crippen LogP contribution in [0, 0.1) is 0 Å².